The average Bonchev–Trinajstić information content (AvgIpc) is 2.49. The second-order valence-electron chi connectivity index (χ2n) is 6.59. The van der Waals surface area contributed by atoms with E-state index in [4.69, 9.17) is 4.74 Å². The molecule has 0 unspecified atom stereocenters. The van der Waals surface area contributed by atoms with Gasteiger partial charge in [-0.1, -0.05) is 44.2 Å². The van der Waals surface area contributed by atoms with Gasteiger partial charge < -0.3 is 20.3 Å². The molecule has 6 nitrogen and oxygen atoms in total. The molecule has 2 amide bonds. The lowest BCUT2D eigenvalue weighted by molar-refractivity contribution is -0.120. The molecule has 23 heavy (non-hydrogen) atoms. The van der Waals surface area contributed by atoms with Crippen LogP contribution >= 0.6 is 0 Å². The highest BCUT2D eigenvalue weighted by Crippen LogP contribution is 2.13. The zero-order valence-corrected chi connectivity index (χ0v) is 14.4. The molecule has 1 aromatic carbocycles. The number of ether oxygens (including phenoxy) is 1. The Morgan fingerprint density at radius 1 is 1.13 bits per heavy atom. The fourth-order valence-electron chi connectivity index (χ4n) is 2.24. The third kappa shape index (κ3) is 8.83. The number of hydrogen-bond acceptors (Lipinski definition) is 4. The first-order valence-corrected chi connectivity index (χ1v) is 7.64. The summed E-state index contributed by atoms with van der Waals surface area (Å²) in [5.74, 6) is -0.228. The van der Waals surface area contributed by atoms with Crippen LogP contribution in [0.2, 0.25) is 0 Å². The standard InChI is InChI=1S/C17H27N3O3/c1-17(2,13-20(3)4)12-19-15(21)10-18-16(22)23-11-14-8-6-5-7-9-14/h5-9H,10-13H2,1-4H3,(H,18,22)(H,19,21). The van der Waals surface area contributed by atoms with Crippen LogP contribution in [0.1, 0.15) is 19.4 Å². The van der Waals surface area contributed by atoms with Crippen molar-refractivity contribution in [3.63, 3.8) is 0 Å². The summed E-state index contributed by atoms with van der Waals surface area (Å²) >= 11 is 0. The van der Waals surface area contributed by atoms with Gasteiger partial charge in [-0.15, -0.1) is 0 Å². The van der Waals surface area contributed by atoms with Gasteiger partial charge in [0, 0.05) is 13.1 Å². The largest absolute Gasteiger partial charge is 0.445 e. The predicted octanol–water partition coefficient (Wildman–Crippen LogP) is 1.62. The number of carbonyl (C=O) groups excluding carboxylic acids is 2. The Kier molecular flexibility index (Phi) is 7.54. The highest BCUT2D eigenvalue weighted by atomic mass is 16.5. The summed E-state index contributed by atoms with van der Waals surface area (Å²) in [7, 11) is 3.99. The lowest BCUT2D eigenvalue weighted by Crippen LogP contribution is -2.43. The fraction of sp³-hybridized carbons (Fsp3) is 0.529. The molecule has 0 saturated carbocycles. The molecule has 1 rings (SSSR count). The van der Waals surface area contributed by atoms with Crippen molar-refractivity contribution in [1.82, 2.24) is 15.5 Å². The second kappa shape index (κ2) is 9.15. The van der Waals surface area contributed by atoms with Gasteiger partial charge in [0.1, 0.15) is 6.61 Å². The van der Waals surface area contributed by atoms with E-state index >= 15 is 0 Å². The van der Waals surface area contributed by atoms with Gasteiger partial charge in [-0.2, -0.15) is 0 Å². The number of nitrogens with one attached hydrogen (secondary N) is 2. The van der Waals surface area contributed by atoms with E-state index in [1.165, 1.54) is 0 Å². The summed E-state index contributed by atoms with van der Waals surface area (Å²) < 4.78 is 5.04. The molecule has 0 aliphatic heterocycles. The molecule has 6 heteroatoms. The van der Waals surface area contributed by atoms with Crippen LogP contribution in [0.5, 0.6) is 0 Å². The van der Waals surface area contributed by atoms with Crippen molar-refractivity contribution in [1.29, 1.82) is 0 Å². The molecule has 0 heterocycles. The van der Waals surface area contributed by atoms with E-state index in [9.17, 15) is 9.59 Å². The molecule has 1 aromatic rings. The van der Waals surface area contributed by atoms with Crippen LogP contribution in [-0.2, 0) is 16.1 Å². The minimum absolute atomic E-state index is 0.0347. The van der Waals surface area contributed by atoms with Gasteiger partial charge >= 0.3 is 6.09 Å². The van der Waals surface area contributed by atoms with Crippen LogP contribution in [0.3, 0.4) is 0 Å². The SMILES string of the molecule is CN(C)CC(C)(C)CNC(=O)CNC(=O)OCc1ccccc1. The molecule has 0 saturated heterocycles. The number of amides is 2. The number of carbonyl (C=O) groups is 2. The predicted molar refractivity (Wildman–Crippen MR) is 90.0 cm³/mol. The Labute approximate surface area is 138 Å². The van der Waals surface area contributed by atoms with E-state index in [2.05, 4.69) is 29.4 Å². The average molecular weight is 321 g/mol. The van der Waals surface area contributed by atoms with Crippen molar-refractivity contribution in [3.8, 4) is 0 Å². The van der Waals surface area contributed by atoms with Crippen LogP contribution in [0.4, 0.5) is 4.79 Å². The first-order chi connectivity index (χ1) is 10.8. The minimum Gasteiger partial charge on any atom is -0.445 e. The Hall–Kier alpha value is -2.08. The molecule has 0 fully saturated rings. The summed E-state index contributed by atoms with van der Waals surface area (Å²) in [6, 6.07) is 9.38. The molecule has 0 aromatic heterocycles. The van der Waals surface area contributed by atoms with Crippen molar-refractivity contribution in [2.75, 3.05) is 33.7 Å². The van der Waals surface area contributed by atoms with Crippen molar-refractivity contribution >= 4 is 12.0 Å². The number of benzene rings is 1. The van der Waals surface area contributed by atoms with E-state index in [-0.39, 0.29) is 24.5 Å². The monoisotopic (exact) mass is 321 g/mol. The lowest BCUT2D eigenvalue weighted by Gasteiger charge is -2.28. The summed E-state index contributed by atoms with van der Waals surface area (Å²) in [6.07, 6.45) is -0.600. The van der Waals surface area contributed by atoms with Gasteiger partial charge in [0.25, 0.3) is 0 Å². The molecule has 0 spiro atoms. The first kappa shape index (κ1) is 19.0. The topological polar surface area (TPSA) is 70.7 Å². The van der Waals surface area contributed by atoms with Gasteiger partial charge in [-0.3, -0.25) is 4.79 Å². The third-order valence-corrected chi connectivity index (χ3v) is 3.11. The van der Waals surface area contributed by atoms with Gasteiger partial charge in [0.05, 0.1) is 6.54 Å². The van der Waals surface area contributed by atoms with Crippen LogP contribution in [0.15, 0.2) is 30.3 Å². The summed E-state index contributed by atoms with van der Waals surface area (Å²) in [5, 5.41) is 5.27. The maximum Gasteiger partial charge on any atom is 0.407 e. The Morgan fingerprint density at radius 2 is 1.78 bits per heavy atom. The maximum absolute atomic E-state index is 11.8. The normalized spacial score (nSPS) is 11.2. The van der Waals surface area contributed by atoms with Crippen LogP contribution in [0.25, 0.3) is 0 Å². The van der Waals surface area contributed by atoms with Gasteiger partial charge in [-0.05, 0) is 25.1 Å². The molecule has 0 atom stereocenters. The highest BCUT2D eigenvalue weighted by molar-refractivity contribution is 5.82. The van der Waals surface area contributed by atoms with Gasteiger partial charge in [0.15, 0.2) is 0 Å². The maximum atomic E-state index is 11.8. The van der Waals surface area contributed by atoms with Crippen LogP contribution in [0, 0.1) is 5.41 Å². The van der Waals surface area contributed by atoms with Crippen LogP contribution in [-0.4, -0.2) is 50.6 Å². The fourth-order valence-corrected chi connectivity index (χ4v) is 2.24. The van der Waals surface area contributed by atoms with Crippen molar-refractivity contribution < 1.29 is 14.3 Å². The number of rotatable bonds is 8. The molecule has 0 aliphatic carbocycles. The third-order valence-electron chi connectivity index (χ3n) is 3.11. The molecule has 0 aliphatic rings. The molecule has 0 radical (unpaired) electrons. The number of hydrogen-bond donors (Lipinski definition) is 2. The second-order valence-corrected chi connectivity index (χ2v) is 6.59. The Bertz CT molecular complexity index is 501. The molecular formula is C17H27N3O3. The zero-order valence-electron chi connectivity index (χ0n) is 14.4. The molecular weight excluding hydrogens is 294 g/mol. The van der Waals surface area contributed by atoms with Crippen LogP contribution < -0.4 is 10.6 Å². The zero-order chi connectivity index (χ0) is 17.3. The summed E-state index contributed by atoms with van der Waals surface area (Å²) in [5.41, 5.74) is 0.866. The highest BCUT2D eigenvalue weighted by Gasteiger charge is 2.19. The van der Waals surface area contributed by atoms with Crippen molar-refractivity contribution in [2.24, 2.45) is 5.41 Å². The first-order valence-electron chi connectivity index (χ1n) is 7.64. The van der Waals surface area contributed by atoms with Crippen molar-refractivity contribution in [2.45, 2.75) is 20.5 Å². The van der Waals surface area contributed by atoms with E-state index in [1.54, 1.807) is 0 Å². The number of alkyl carbamates (subject to hydrolysis) is 1. The number of nitrogens with zero attached hydrogens (tertiary/aromatic N) is 1. The van der Waals surface area contributed by atoms with Crippen molar-refractivity contribution in [3.05, 3.63) is 35.9 Å². The lowest BCUT2D eigenvalue weighted by atomic mass is 9.93. The molecule has 0 bridgehead atoms. The molecule has 128 valence electrons. The van der Waals surface area contributed by atoms with E-state index in [0.29, 0.717) is 6.54 Å². The smallest absolute Gasteiger partial charge is 0.407 e. The molecule has 2 N–H and O–H groups in total. The summed E-state index contributed by atoms with van der Waals surface area (Å²) in [4.78, 5) is 25.4. The van der Waals surface area contributed by atoms with Gasteiger partial charge in [0.2, 0.25) is 5.91 Å². The Morgan fingerprint density at radius 3 is 2.39 bits per heavy atom. The quantitative estimate of drug-likeness (QED) is 0.763. The van der Waals surface area contributed by atoms with E-state index < -0.39 is 6.09 Å². The van der Waals surface area contributed by atoms with E-state index in [1.807, 2.05) is 44.4 Å². The van der Waals surface area contributed by atoms with Gasteiger partial charge in [-0.25, -0.2) is 4.79 Å². The Balaban J connectivity index is 2.21. The van der Waals surface area contributed by atoms with E-state index in [0.717, 1.165) is 12.1 Å². The summed E-state index contributed by atoms with van der Waals surface area (Å²) in [6.45, 7) is 5.66. The minimum atomic E-state index is -0.600.